The summed E-state index contributed by atoms with van der Waals surface area (Å²) in [6.07, 6.45) is 3.58. The SMILES string of the molecule is CCc1nc(-n2cncn2)cc(=O)[nH]1. The average Bonchev–Trinajstić information content (AvgIpc) is 2.69. The molecule has 0 amide bonds. The first-order chi connectivity index (χ1) is 6.79. The highest BCUT2D eigenvalue weighted by Gasteiger charge is 2.01. The number of hydrogen-bond donors (Lipinski definition) is 1. The summed E-state index contributed by atoms with van der Waals surface area (Å²) in [6, 6.07) is 1.38. The zero-order chi connectivity index (χ0) is 9.97. The van der Waals surface area contributed by atoms with Crippen LogP contribution < -0.4 is 5.56 Å². The molecule has 0 aromatic carbocycles. The van der Waals surface area contributed by atoms with Gasteiger partial charge in [-0.1, -0.05) is 6.92 Å². The van der Waals surface area contributed by atoms with Crippen molar-refractivity contribution in [1.29, 1.82) is 0 Å². The summed E-state index contributed by atoms with van der Waals surface area (Å²) in [5.41, 5.74) is -0.178. The lowest BCUT2D eigenvalue weighted by Gasteiger charge is -2.00. The lowest BCUT2D eigenvalue weighted by molar-refractivity contribution is 0.804. The van der Waals surface area contributed by atoms with E-state index in [9.17, 15) is 4.79 Å². The Kier molecular flexibility index (Phi) is 2.10. The molecule has 0 atom stereocenters. The zero-order valence-corrected chi connectivity index (χ0v) is 7.64. The number of aromatic amines is 1. The van der Waals surface area contributed by atoms with Crippen molar-refractivity contribution in [3.63, 3.8) is 0 Å². The van der Waals surface area contributed by atoms with Crippen LogP contribution in [0, 0.1) is 0 Å². The van der Waals surface area contributed by atoms with Crippen molar-refractivity contribution in [2.45, 2.75) is 13.3 Å². The van der Waals surface area contributed by atoms with Crippen LogP contribution in [-0.2, 0) is 6.42 Å². The van der Waals surface area contributed by atoms with Crippen LogP contribution in [-0.4, -0.2) is 24.7 Å². The van der Waals surface area contributed by atoms with Crippen molar-refractivity contribution in [3.8, 4) is 5.82 Å². The largest absolute Gasteiger partial charge is 0.310 e. The normalized spacial score (nSPS) is 10.4. The Morgan fingerprint density at radius 2 is 2.43 bits per heavy atom. The monoisotopic (exact) mass is 191 g/mol. The van der Waals surface area contributed by atoms with E-state index in [-0.39, 0.29) is 5.56 Å². The van der Waals surface area contributed by atoms with Crippen molar-refractivity contribution < 1.29 is 0 Å². The predicted octanol–water partition coefficient (Wildman–Crippen LogP) is -0.0870. The molecule has 1 N–H and O–H groups in total. The molecule has 0 spiro atoms. The smallest absolute Gasteiger partial charge is 0.253 e. The topological polar surface area (TPSA) is 76.5 Å². The molecule has 0 fully saturated rings. The van der Waals surface area contributed by atoms with Crippen LogP contribution in [0.3, 0.4) is 0 Å². The molecular weight excluding hydrogens is 182 g/mol. The molecule has 0 aliphatic heterocycles. The van der Waals surface area contributed by atoms with Gasteiger partial charge in [-0.2, -0.15) is 5.10 Å². The van der Waals surface area contributed by atoms with E-state index in [0.29, 0.717) is 18.1 Å². The second-order valence-electron chi connectivity index (χ2n) is 2.74. The van der Waals surface area contributed by atoms with Crippen molar-refractivity contribution in [1.82, 2.24) is 24.7 Å². The van der Waals surface area contributed by atoms with E-state index >= 15 is 0 Å². The van der Waals surface area contributed by atoms with Gasteiger partial charge in [0, 0.05) is 12.5 Å². The second kappa shape index (κ2) is 3.41. The van der Waals surface area contributed by atoms with Gasteiger partial charge in [0.2, 0.25) is 0 Å². The summed E-state index contributed by atoms with van der Waals surface area (Å²) in [6.45, 7) is 1.92. The van der Waals surface area contributed by atoms with Crippen LogP contribution in [0.1, 0.15) is 12.7 Å². The van der Waals surface area contributed by atoms with Crippen molar-refractivity contribution in [3.05, 3.63) is 34.9 Å². The van der Waals surface area contributed by atoms with Gasteiger partial charge in [0.1, 0.15) is 18.5 Å². The molecular formula is C8H9N5O. The van der Waals surface area contributed by atoms with Crippen molar-refractivity contribution in [2.24, 2.45) is 0 Å². The van der Waals surface area contributed by atoms with E-state index in [1.807, 2.05) is 6.92 Å². The average molecular weight is 191 g/mol. The zero-order valence-electron chi connectivity index (χ0n) is 7.64. The van der Waals surface area contributed by atoms with Crippen LogP contribution >= 0.6 is 0 Å². The maximum atomic E-state index is 11.2. The molecule has 6 heteroatoms. The molecule has 0 unspecified atom stereocenters. The number of aromatic nitrogens is 5. The van der Waals surface area contributed by atoms with Gasteiger partial charge in [-0.25, -0.2) is 14.6 Å². The Hall–Kier alpha value is -1.98. The van der Waals surface area contributed by atoms with Crippen molar-refractivity contribution >= 4 is 0 Å². The summed E-state index contributed by atoms with van der Waals surface area (Å²) in [5, 5.41) is 3.89. The van der Waals surface area contributed by atoms with Crippen LogP contribution in [0.4, 0.5) is 0 Å². The molecule has 0 aliphatic rings. The summed E-state index contributed by atoms with van der Waals surface area (Å²) in [7, 11) is 0. The third-order valence-electron chi connectivity index (χ3n) is 1.77. The molecule has 2 aromatic rings. The summed E-state index contributed by atoms with van der Waals surface area (Å²) in [5.74, 6) is 1.13. The molecule has 14 heavy (non-hydrogen) atoms. The van der Waals surface area contributed by atoms with Gasteiger partial charge in [-0.3, -0.25) is 4.79 Å². The Bertz CT molecular complexity index is 473. The van der Waals surface area contributed by atoms with Gasteiger partial charge in [0.15, 0.2) is 5.82 Å². The fourth-order valence-electron chi connectivity index (χ4n) is 1.11. The number of nitrogens with one attached hydrogen (secondary N) is 1. The molecule has 2 rings (SSSR count). The number of nitrogens with zero attached hydrogens (tertiary/aromatic N) is 4. The van der Waals surface area contributed by atoms with E-state index in [0.717, 1.165) is 0 Å². The van der Waals surface area contributed by atoms with Gasteiger partial charge in [-0.05, 0) is 0 Å². The highest BCUT2D eigenvalue weighted by Crippen LogP contribution is 1.97. The van der Waals surface area contributed by atoms with Crippen LogP contribution in [0.5, 0.6) is 0 Å². The van der Waals surface area contributed by atoms with Crippen LogP contribution in [0.2, 0.25) is 0 Å². The minimum Gasteiger partial charge on any atom is -0.310 e. The first-order valence-electron chi connectivity index (χ1n) is 4.25. The summed E-state index contributed by atoms with van der Waals surface area (Å²) >= 11 is 0. The van der Waals surface area contributed by atoms with Crippen LogP contribution in [0.15, 0.2) is 23.5 Å². The molecule has 2 aromatic heterocycles. The number of aryl methyl sites for hydroxylation is 1. The molecule has 0 saturated carbocycles. The Morgan fingerprint density at radius 1 is 1.57 bits per heavy atom. The lowest BCUT2D eigenvalue weighted by atomic mass is 10.4. The highest BCUT2D eigenvalue weighted by atomic mass is 16.1. The molecule has 0 saturated heterocycles. The first-order valence-corrected chi connectivity index (χ1v) is 4.25. The number of H-pyrrole nitrogens is 1. The van der Waals surface area contributed by atoms with E-state index < -0.39 is 0 Å². The molecule has 72 valence electrons. The lowest BCUT2D eigenvalue weighted by Crippen LogP contribution is -2.13. The Labute approximate surface area is 79.6 Å². The third kappa shape index (κ3) is 1.54. The Balaban J connectivity index is 2.54. The quantitative estimate of drug-likeness (QED) is 0.719. The molecule has 2 heterocycles. The van der Waals surface area contributed by atoms with Gasteiger partial charge >= 0.3 is 0 Å². The van der Waals surface area contributed by atoms with Crippen molar-refractivity contribution in [2.75, 3.05) is 0 Å². The Morgan fingerprint density at radius 3 is 3.07 bits per heavy atom. The van der Waals surface area contributed by atoms with E-state index in [1.54, 1.807) is 0 Å². The second-order valence-corrected chi connectivity index (χ2v) is 2.74. The maximum Gasteiger partial charge on any atom is 0.253 e. The molecule has 0 bridgehead atoms. The first kappa shape index (κ1) is 8.61. The standard InChI is InChI=1S/C8H9N5O/c1-2-6-11-7(3-8(14)12-6)13-5-9-4-10-13/h3-5H,2H2,1H3,(H,11,12,14). The number of hydrogen-bond acceptors (Lipinski definition) is 4. The van der Waals surface area contributed by atoms with Gasteiger partial charge in [0.05, 0.1) is 0 Å². The highest BCUT2D eigenvalue weighted by molar-refractivity contribution is 5.18. The maximum absolute atomic E-state index is 11.2. The molecule has 0 radical (unpaired) electrons. The van der Waals surface area contributed by atoms with Crippen LogP contribution in [0.25, 0.3) is 5.82 Å². The van der Waals surface area contributed by atoms with Gasteiger partial charge in [-0.15, -0.1) is 0 Å². The number of rotatable bonds is 2. The van der Waals surface area contributed by atoms with E-state index in [4.69, 9.17) is 0 Å². The minimum absolute atomic E-state index is 0.178. The summed E-state index contributed by atoms with van der Waals surface area (Å²) in [4.78, 5) is 21.8. The fourth-order valence-corrected chi connectivity index (χ4v) is 1.11. The van der Waals surface area contributed by atoms with E-state index in [2.05, 4.69) is 20.1 Å². The van der Waals surface area contributed by atoms with Gasteiger partial charge < -0.3 is 4.98 Å². The molecule has 0 aliphatic carbocycles. The summed E-state index contributed by atoms with van der Waals surface area (Å²) < 4.78 is 1.45. The van der Waals surface area contributed by atoms with Gasteiger partial charge in [0.25, 0.3) is 5.56 Å². The van der Waals surface area contributed by atoms with E-state index in [1.165, 1.54) is 23.4 Å². The fraction of sp³-hybridized carbons (Fsp3) is 0.250. The molecule has 6 nitrogen and oxygen atoms in total. The third-order valence-corrected chi connectivity index (χ3v) is 1.77. The predicted molar refractivity (Wildman–Crippen MR) is 49.2 cm³/mol. The minimum atomic E-state index is -0.178.